The molecule has 0 aliphatic heterocycles. The minimum Gasteiger partial charge on any atom is 0 e. The zero-order valence-corrected chi connectivity index (χ0v) is 6.17. The fourth-order valence-electron chi connectivity index (χ4n) is 0. The molecule has 1 nitrogen and oxygen atoms in total. The average Bonchev–Trinajstić information content (AvgIpc) is 0.918. The predicted octanol–water partition coefficient (Wildman–Crippen LogP) is -0.367. The van der Waals surface area contributed by atoms with Gasteiger partial charge in [-0.1, -0.05) is 0 Å². The number of hydrogen-bond acceptors (Lipinski definition) is 1. The van der Waals surface area contributed by atoms with E-state index in [-0.39, 0.29) is 20.4 Å². The van der Waals surface area contributed by atoms with Gasteiger partial charge in [-0.2, -0.15) is 0 Å². The Morgan fingerprint density at radius 1 is 1.75 bits per heavy atom. The van der Waals surface area contributed by atoms with Crippen LogP contribution in [0.3, 0.4) is 0 Å². The molecule has 0 aliphatic carbocycles. The second kappa shape index (κ2) is 9.04. The quantitative estimate of drug-likeness (QED) is 0.539. The second-order valence-corrected chi connectivity index (χ2v) is 0.750. The average molecular weight is 251 g/mol. The van der Waals surface area contributed by atoms with Crippen LogP contribution in [-0.2, 0) is 20.4 Å². The van der Waals surface area contributed by atoms with Gasteiger partial charge in [-0.25, -0.2) is 0 Å². The third kappa shape index (κ3) is 12.4. The summed E-state index contributed by atoms with van der Waals surface area (Å²) in [5, 5.41) is 7.36. The van der Waals surface area contributed by atoms with Crippen LogP contribution in [0.1, 0.15) is 0 Å². The summed E-state index contributed by atoms with van der Waals surface area (Å²) < 4.78 is 1.84. The first kappa shape index (κ1) is 8.88. The van der Waals surface area contributed by atoms with Crippen LogP contribution >= 0.6 is 0 Å². The molecule has 3 heteroatoms. The maximum atomic E-state index is 7.36. The first-order valence-electron chi connectivity index (χ1n) is 0.474. The van der Waals surface area contributed by atoms with Gasteiger partial charge in [0.25, 0.3) is 0 Å². The minimum atomic E-state index is 0. The van der Waals surface area contributed by atoms with E-state index >= 15 is 0 Å². The number of nitriles is 1. The Balaban J connectivity index is 0. The van der Waals surface area contributed by atoms with Gasteiger partial charge in [0.05, 0.1) is 0 Å². The van der Waals surface area contributed by atoms with Crippen LogP contribution in [0.4, 0.5) is 0 Å². The summed E-state index contributed by atoms with van der Waals surface area (Å²) in [4.78, 5) is 0. The van der Waals surface area contributed by atoms with Crippen LogP contribution in [-0.4, -0.2) is 22.5 Å². The Morgan fingerprint density at radius 2 is 1.75 bits per heavy atom. The van der Waals surface area contributed by atoms with E-state index in [0.29, 0.717) is 0 Å². The standard InChI is InChI=1S/CN.Pd.Sn/c1-2;;. The smallest absolute Gasteiger partial charge is 0 e. The third-order valence-corrected chi connectivity index (χ3v) is 0. The maximum Gasteiger partial charge on any atom is 0 e. The number of rotatable bonds is 0. The molecule has 23 valence electrons. The van der Waals surface area contributed by atoms with Gasteiger partial charge in [-0.05, 0) is 0 Å². The molecule has 0 amide bonds. The van der Waals surface area contributed by atoms with Crippen molar-refractivity contribution in [2.45, 2.75) is 0 Å². The molecule has 0 saturated carbocycles. The predicted molar refractivity (Wildman–Crippen MR) is 11.4 cm³/mol. The first-order chi connectivity index (χ1) is 1.41. The normalized spacial score (nSPS) is 2.00. The third-order valence-electron chi connectivity index (χ3n) is 0. The summed E-state index contributed by atoms with van der Waals surface area (Å²) in [5.41, 5.74) is 0. The Bertz CT molecular complexity index is 29.5. The summed E-state index contributed by atoms with van der Waals surface area (Å²) in [6.45, 7) is 0. The van der Waals surface area contributed by atoms with Gasteiger partial charge >= 0.3 is 31.9 Å². The molecular formula is CNPdSn. The van der Waals surface area contributed by atoms with E-state index in [2.05, 4.69) is 0 Å². The number of hydrogen-bond donors (Lipinski definition) is 0. The molecule has 0 aliphatic rings. The van der Waals surface area contributed by atoms with E-state index in [9.17, 15) is 0 Å². The Morgan fingerprint density at radius 3 is 1.75 bits per heavy atom. The molecule has 0 unspecified atom stereocenters. The molecule has 0 bridgehead atoms. The molecule has 0 saturated heterocycles. The Kier molecular flexibility index (Phi) is 20.1. The van der Waals surface area contributed by atoms with Crippen molar-refractivity contribution in [2.24, 2.45) is 0 Å². The Labute approximate surface area is 52.1 Å². The van der Waals surface area contributed by atoms with E-state index < -0.39 is 0 Å². The molecule has 0 atom stereocenters. The summed E-state index contributed by atoms with van der Waals surface area (Å²) >= 11 is 0.941. The fraction of sp³-hybridized carbons (Fsp3) is 0. The van der Waals surface area contributed by atoms with Crippen LogP contribution in [0, 0.1) is 9.35 Å². The van der Waals surface area contributed by atoms with Crippen LogP contribution in [0.25, 0.3) is 0 Å². The molecule has 0 aromatic rings. The molecule has 0 rings (SSSR count). The zero-order valence-electron chi connectivity index (χ0n) is 1.76. The summed E-state index contributed by atoms with van der Waals surface area (Å²) in [5.74, 6) is 0. The number of nitrogens with zero attached hydrogens (tertiary/aromatic N) is 1. The Hall–Kier alpha value is 0.951. The monoisotopic (exact) mass is 252 g/mol. The van der Waals surface area contributed by atoms with Crippen molar-refractivity contribution in [3.05, 3.63) is 0 Å². The van der Waals surface area contributed by atoms with Crippen LogP contribution < -0.4 is 0 Å². The van der Waals surface area contributed by atoms with Crippen molar-refractivity contribution in [2.75, 3.05) is 0 Å². The van der Waals surface area contributed by atoms with E-state index in [1.807, 2.05) is 4.09 Å². The molecule has 0 spiro atoms. The van der Waals surface area contributed by atoms with Crippen molar-refractivity contribution in [1.82, 2.24) is 0 Å². The van der Waals surface area contributed by atoms with Crippen molar-refractivity contribution in [3.8, 4) is 4.09 Å². The molecule has 0 aromatic heterocycles. The van der Waals surface area contributed by atoms with Crippen LogP contribution in [0.15, 0.2) is 0 Å². The first-order valence-corrected chi connectivity index (χ1v) is 1.90. The summed E-state index contributed by atoms with van der Waals surface area (Å²) in [6.07, 6.45) is 0. The molecule has 3 radical (unpaired) electrons. The molecule has 0 N–H and O–H groups in total. The largest absolute Gasteiger partial charge is 0 e. The SMILES string of the molecule is N#[C][Sn].[Pd]. The summed E-state index contributed by atoms with van der Waals surface area (Å²) in [6, 6.07) is 0. The van der Waals surface area contributed by atoms with Gasteiger partial charge in [0, 0.05) is 20.4 Å². The van der Waals surface area contributed by atoms with E-state index in [0.717, 1.165) is 22.5 Å². The van der Waals surface area contributed by atoms with E-state index in [4.69, 9.17) is 5.26 Å². The van der Waals surface area contributed by atoms with Gasteiger partial charge in [-0.3, -0.25) is 0 Å². The molecule has 0 fully saturated rings. The van der Waals surface area contributed by atoms with Crippen LogP contribution in [0.2, 0.25) is 0 Å². The van der Waals surface area contributed by atoms with Gasteiger partial charge in [-0.15, -0.1) is 0 Å². The second-order valence-electron chi connectivity index (χ2n) is 0.112. The minimum absolute atomic E-state index is 0. The van der Waals surface area contributed by atoms with E-state index in [1.165, 1.54) is 0 Å². The van der Waals surface area contributed by atoms with Crippen LogP contribution in [0.5, 0.6) is 0 Å². The van der Waals surface area contributed by atoms with Crippen molar-refractivity contribution in [3.63, 3.8) is 0 Å². The molecule has 4 heavy (non-hydrogen) atoms. The zero-order chi connectivity index (χ0) is 2.71. The molecule has 0 aromatic carbocycles. The van der Waals surface area contributed by atoms with Crippen molar-refractivity contribution < 1.29 is 20.4 Å². The van der Waals surface area contributed by atoms with Gasteiger partial charge in [0.2, 0.25) is 0 Å². The summed E-state index contributed by atoms with van der Waals surface area (Å²) in [7, 11) is 0. The molecular weight excluding hydrogens is 251 g/mol. The maximum absolute atomic E-state index is 7.36. The van der Waals surface area contributed by atoms with Gasteiger partial charge in [0.1, 0.15) is 0 Å². The fourth-order valence-corrected chi connectivity index (χ4v) is 0. The van der Waals surface area contributed by atoms with Gasteiger partial charge in [0.15, 0.2) is 0 Å². The van der Waals surface area contributed by atoms with Gasteiger partial charge < -0.3 is 0 Å². The van der Waals surface area contributed by atoms with E-state index in [1.54, 1.807) is 0 Å². The van der Waals surface area contributed by atoms with Crippen molar-refractivity contribution in [1.29, 1.82) is 5.26 Å². The molecule has 0 heterocycles. The van der Waals surface area contributed by atoms with Crippen molar-refractivity contribution >= 4 is 22.5 Å². The topological polar surface area (TPSA) is 23.8 Å².